The van der Waals surface area contributed by atoms with Gasteiger partial charge in [-0.1, -0.05) is 13.3 Å². The van der Waals surface area contributed by atoms with Crippen LogP contribution in [0.25, 0.3) is 0 Å². The lowest BCUT2D eigenvalue weighted by molar-refractivity contribution is 0.262. The fourth-order valence-electron chi connectivity index (χ4n) is 1.99. The first-order valence-electron chi connectivity index (χ1n) is 5.45. The van der Waals surface area contributed by atoms with Gasteiger partial charge in [-0.3, -0.25) is 0 Å². The molecule has 0 aromatic carbocycles. The topological polar surface area (TPSA) is 3.24 Å². The zero-order valence-corrected chi connectivity index (χ0v) is 8.97. The maximum atomic E-state index is 3.14. The van der Waals surface area contributed by atoms with Gasteiger partial charge in [-0.15, -0.1) is 11.8 Å². The highest BCUT2D eigenvalue weighted by Crippen LogP contribution is 2.15. The lowest BCUT2D eigenvalue weighted by Gasteiger charge is -2.20. The van der Waals surface area contributed by atoms with Gasteiger partial charge in [0, 0.05) is 19.5 Å². The number of nitrogens with zero attached hydrogens (tertiary/aromatic N) is 1. The van der Waals surface area contributed by atoms with Crippen LogP contribution in [0.5, 0.6) is 0 Å². The highest BCUT2D eigenvalue weighted by molar-refractivity contribution is 4.95. The Labute approximate surface area is 82.5 Å². The fourth-order valence-corrected chi connectivity index (χ4v) is 1.99. The molecule has 0 spiro atoms. The Hall–Kier alpha value is -0.480. The molecule has 0 radical (unpaired) electrons. The molecular formula is C12H21N. The predicted molar refractivity (Wildman–Crippen MR) is 57.5 cm³/mol. The monoisotopic (exact) mass is 179 g/mol. The van der Waals surface area contributed by atoms with Crippen LogP contribution >= 0.6 is 0 Å². The molecule has 0 aliphatic carbocycles. The van der Waals surface area contributed by atoms with Crippen molar-refractivity contribution in [2.75, 3.05) is 19.6 Å². The molecule has 0 saturated carbocycles. The molecule has 0 bridgehead atoms. The highest BCUT2D eigenvalue weighted by Gasteiger charge is 2.13. The van der Waals surface area contributed by atoms with Gasteiger partial charge in [0.2, 0.25) is 0 Å². The minimum Gasteiger partial charge on any atom is -0.302 e. The summed E-state index contributed by atoms with van der Waals surface area (Å²) < 4.78 is 0. The second kappa shape index (κ2) is 6.05. The number of rotatable bonds is 2. The summed E-state index contributed by atoms with van der Waals surface area (Å²) in [5, 5.41) is 0. The molecule has 0 amide bonds. The van der Waals surface area contributed by atoms with E-state index in [0.29, 0.717) is 0 Å². The van der Waals surface area contributed by atoms with Gasteiger partial charge in [0.25, 0.3) is 0 Å². The van der Waals surface area contributed by atoms with Crippen LogP contribution in [0.4, 0.5) is 0 Å². The third-order valence-electron chi connectivity index (χ3n) is 2.72. The van der Waals surface area contributed by atoms with Crippen LogP contribution < -0.4 is 0 Å². The zero-order valence-electron chi connectivity index (χ0n) is 8.97. The summed E-state index contributed by atoms with van der Waals surface area (Å²) in [6.45, 7) is 8.03. The summed E-state index contributed by atoms with van der Waals surface area (Å²) in [6, 6.07) is 0. The zero-order chi connectivity index (χ0) is 9.52. The summed E-state index contributed by atoms with van der Waals surface area (Å²) in [5.41, 5.74) is 0. The molecule has 0 aromatic heterocycles. The van der Waals surface area contributed by atoms with Gasteiger partial charge in [-0.05, 0) is 32.2 Å². The van der Waals surface area contributed by atoms with Gasteiger partial charge in [-0.25, -0.2) is 0 Å². The maximum absolute atomic E-state index is 3.14. The average Bonchev–Trinajstić information content (AvgIpc) is 2.31. The van der Waals surface area contributed by atoms with E-state index in [4.69, 9.17) is 0 Å². The van der Waals surface area contributed by atoms with Crippen molar-refractivity contribution in [2.24, 2.45) is 5.92 Å². The van der Waals surface area contributed by atoms with E-state index in [1.165, 1.54) is 38.9 Å². The van der Waals surface area contributed by atoms with Gasteiger partial charge in [-0.2, -0.15) is 0 Å². The summed E-state index contributed by atoms with van der Waals surface area (Å²) in [4.78, 5) is 2.57. The molecule has 1 atom stereocenters. The molecule has 1 unspecified atom stereocenters. The van der Waals surface area contributed by atoms with Gasteiger partial charge in [0.05, 0.1) is 0 Å². The third-order valence-corrected chi connectivity index (χ3v) is 2.72. The molecule has 0 N–H and O–H groups in total. The molecule has 1 nitrogen and oxygen atoms in total. The van der Waals surface area contributed by atoms with Gasteiger partial charge in [0.15, 0.2) is 0 Å². The van der Waals surface area contributed by atoms with E-state index < -0.39 is 0 Å². The van der Waals surface area contributed by atoms with Crippen molar-refractivity contribution in [1.29, 1.82) is 0 Å². The van der Waals surface area contributed by atoms with Crippen molar-refractivity contribution in [3.05, 3.63) is 0 Å². The van der Waals surface area contributed by atoms with Gasteiger partial charge >= 0.3 is 0 Å². The number of hydrogen-bond donors (Lipinski definition) is 0. The third kappa shape index (κ3) is 4.33. The molecule has 0 aromatic rings. The van der Waals surface area contributed by atoms with Crippen LogP contribution in [0.15, 0.2) is 0 Å². The Morgan fingerprint density at radius 2 is 2.23 bits per heavy atom. The predicted octanol–water partition coefficient (Wildman–Crippen LogP) is 2.52. The van der Waals surface area contributed by atoms with E-state index in [0.717, 1.165) is 12.3 Å². The molecule has 1 aliphatic heterocycles. The summed E-state index contributed by atoms with van der Waals surface area (Å²) >= 11 is 0. The van der Waals surface area contributed by atoms with Crippen molar-refractivity contribution >= 4 is 0 Å². The molecule has 74 valence electrons. The Bertz CT molecular complexity index is 187. The first kappa shape index (κ1) is 10.6. The number of hydrogen-bond acceptors (Lipinski definition) is 1. The van der Waals surface area contributed by atoms with Crippen LogP contribution in [0.1, 0.15) is 39.5 Å². The Morgan fingerprint density at radius 1 is 1.38 bits per heavy atom. The van der Waals surface area contributed by atoms with Gasteiger partial charge < -0.3 is 4.90 Å². The molecule has 1 fully saturated rings. The van der Waals surface area contributed by atoms with Crippen molar-refractivity contribution in [3.63, 3.8) is 0 Å². The summed E-state index contributed by atoms with van der Waals surface area (Å²) in [7, 11) is 0. The van der Waals surface area contributed by atoms with Crippen molar-refractivity contribution in [3.8, 4) is 11.8 Å². The number of likely N-dealkylation sites (tertiary alicyclic amines) is 1. The highest BCUT2D eigenvalue weighted by atomic mass is 15.1. The first-order chi connectivity index (χ1) is 6.33. The SMILES string of the molecule is CC#CCCN1CCCCC(C)C1. The maximum Gasteiger partial charge on any atom is 0.0216 e. The van der Waals surface area contributed by atoms with Gasteiger partial charge in [0.1, 0.15) is 0 Å². The van der Waals surface area contributed by atoms with Crippen molar-refractivity contribution in [1.82, 2.24) is 4.90 Å². The lowest BCUT2D eigenvalue weighted by Crippen LogP contribution is -2.28. The molecule has 1 aliphatic rings. The molecule has 1 heteroatoms. The minimum absolute atomic E-state index is 0.886. The van der Waals surface area contributed by atoms with E-state index in [-0.39, 0.29) is 0 Å². The van der Waals surface area contributed by atoms with E-state index in [1.54, 1.807) is 0 Å². The van der Waals surface area contributed by atoms with Crippen LogP contribution in [0.3, 0.4) is 0 Å². The van der Waals surface area contributed by atoms with E-state index in [9.17, 15) is 0 Å². The Morgan fingerprint density at radius 3 is 3.00 bits per heavy atom. The molecule has 1 rings (SSSR count). The van der Waals surface area contributed by atoms with E-state index in [2.05, 4.69) is 23.7 Å². The summed E-state index contributed by atoms with van der Waals surface area (Å²) in [6.07, 6.45) is 5.25. The van der Waals surface area contributed by atoms with E-state index in [1.807, 2.05) is 6.92 Å². The normalized spacial score (nSPS) is 24.6. The Kier molecular flexibility index (Phi) is 4.93. The van der Waals surface area contributed by atoms with Crippen LogP contribution in [-0.4, -0.2) is 24.5 Å². The van der Waals surface area contributed by atoms with Crippen molar-refractivity contribution < 1.29 is 0 Å². The second-order valence-corrected chi connectivity index (χ2v) is 4.08. The van der Waals surface area contributed by atoms with Crippen molar-refractivity contribution in [2.45, 2.75) is 39.5 Å². The van der Waals surface area contributed by atoms with E-state index >= 15 is 0 Å². The average molecular weight is 179 g/mol. The fraction of sp³-hybridized carbons (Fsp3) is 0.833. The molecule has 13 heavy (non-hydrogen) atoms. The minimum atomic E-state index is 0.886. The largest absolute Gasteiger partial charge is 0.302 e. The standard InChI is InChI=1S/C12H21N/c1-3-4-6-9-13-10-7-5-8-12(2)11-13/h12H,5-11H2,1-2H3. The smallest absolute Gasteiger partial charge is 0.0216 e. The quantitative estimate of drug-likeness (QED) is 0.589. The molecule has 1 saturated heterocycles. The second-order valence-electron chi connectivity index (χ2n) is 4.08. The first-order valence-corrected chi connectivity index (χ1v) is 5.45. The van der Waals surface area contributed by atoms with Crippen LogP contribution in [0, 0.1) is 17.8 Å². The van der Waals surface area contributed by atoms with Crippen LogP contribution in [-0.2, 0) is 0 Å². The lowest BCUT2D eigenvalue weighted by atomic mass is 10.1. The van der Waals surface area contributed by atoms with Crippen LogP contribution in [0.2, 0.25) is 0 Å². The molecular weight excluding hydrogens is 158 g/mol. The summed E-state index contributed by atoms with van der Waals surface area (Å²) in [5.74, 6) is 6.98. The Balaban J connectivity index is 2.25. The molecule has 1 heterocycles.